The van der Waals surface area contributed by atoms with E-state index in [1.807, 2.05) is 13.0 Å². The molecular weight excluding hydrogens is 589 g/mol. The lowest BCUT2D eigenvalue weighted by Crippen LogP contribution is -2.48. The number of fused-ring (bicyclic) bond motifs is 2. The number of Topliss-reactive ketones (excluding diaryl/α,β-unsaturated/α-hetero) is 1. The topological polar surface area (TPSA) is 131 Å². The zero-order valence-corrected chi connectivity index (χ0v) is 27.0. The normalized spacial score (nSPS) is 17.2. The Hall–Kier alpha value is -4.41. The van der Waals surface area contributed by atoms with Crippen molar-refractivity contribution < 1.29 is 33.7 Å². The van der Waals surface area contributed by atoms with E-state index in [9.17, 15) is 24.2 Å². The van der Waals surface area contributed by atoms with Gasteiger partial charge in [-0.1, -0.05) is 6.92 Å². The van der Waals surface area contributed by atoms with Crippen LogP contribution in [0.15, 0.2) is 54.7 Å². The highest BCUT2D eigenvalue weighted by atomic mass is 19.1. The number of benzene rings is 2. The zero-order valence-electron chi connectivity index (χ0n) is 27.0. The molecule has 2 atom stereocenters. The van der Waals surface area contributed by atoms with Crippen LogP contribution >= 0.6 is 0 Å². The lowest BCUT2D eigenvalue weighted by atomic mass is 9.81. The molecule has 0 fully saturated rings. The summed E-state index contributed by atoms with van der Waals surface area (Å²) in [5.74, 6) is -0.142. The van der Waals surface area contributed by atoms with Crippen LogP contribution in [0, 0.1) is 5.82 Å². The quantitative estimate of drug-likeness (QED) is 0.188. The number of methoxy groups -OCH3 is 1. The maximum Gasteiger partial charge on any atom is 0.234 e. The minimum Gasteiger partial charge on any atom is -0.494 e. The van der Waals surface area contributed by atoms with Gasteiger partial charge in [-0.2, -0.15) is 0 Å². The zero-order chi connectivity index (χ0) is 33.4. The second-order valence-corrected chi connectivity index (χ2v) is 13.0. The van der Waals surface area contributed by atoms with Crippen LogP contribution < -0.4 is 14.8 Å². The summed E-state index contributed by atoms with van der Waals surface area (Å²) in [5, 5.41) is 25.6. The number of ketones is 1. The molecule has 10 heteroatoms. The Labute approximate surface area is 267 Å². The largest absolute Gasteiger partial charge is 0.494 e. The fourth-order valence-corrected chi connectivity index (χ4v) is 5.54. The van der Waals surface area contributed by atoms with Crippen molar-refractivity contribution in [3.05, 3.63) is 82.9 Å². The van der Waals surface area contributed by atoms with Gasteiger partial charge in [0.25, 0.3) is 0 Å². The van der Waals surface area contributed by atoms with Gasteiger partial charge in [-0.05, 0) is 94.6 Å². The first-order valence-electron chi connectivity index (χ1n) is 15.3. The minimum atomic E-state index is -1.59. The van der Waals surface area contributed by atoms with Crippen molar-refractivity contribution in [3.8, 4) is 22.8 Å². The molecule has 0 unspecified atom stereocenters. The van der Waals surface area contributed by atoms with Crippen molar-refractivity contribution in [3.63, 3.8) is 0 Å². The van der Waals surface area contributed by atoms with Crippen LogP contribution in [0.4, 0.5) is 4.39 Å². The van der Waals surface area contributed by atoms with E-state index in [1.54, 1.807) is 64.2 Å². The van der Waals surface area contributed by atoms with Gasteiger partial charge in [0.2, 0.25) is 5.91 Å². The maximum atomic E-state index is 13.8. The van der Waals surface area contributed by atoms with E-state index in [0.29, 0.717) is 39.4 Å². The number of nitrogens with one attached hydrogen (secondary N) is 1. The predicted octanol–water partition coefficient (Wildman–Crippen LogP) is 5.41. The van der Waals surface area contributed by atoms with Crippen molar-refractivity contribution in [1.29, 1.82) is 0 Å². The van der Waals surface area contributed by atoms with Crippen molar-refractivity contribution >= 4 is 22.6 Å². The first-order chi connectivity index (χ1) is 21.6. The summed E-state index contributed by atoms with van der Waals surface area (Å²) in [6.45, 7) is 8.53. The molecule has 5 rings (SSSR count). The number of amides is 1. The third kappa shape index (κ3) is 6.59. The molecule has 3 N–H and O–H groups in total. The summed E-state index contributed by atoms with van der Waals surface area (Å²) in [5.41, 5.74) is -0.148. The van der Waals surface area contributed by atoms with Crippen LogP contribution in [0.25, 0.3) is 22.2 Å². The number of aryl methyl sites for hydroxylation is 1. The molecule has 242 valence electrons. The van der Waals surface area contributed by atoms with Crippen LogP contribution in [-0.2, 0) is 22.2 Å². The maximum absolute atomic E-state index is 13.8. The van der Waals surface area contributed by atoms with Gasteiger partial charge in [0.1, 0.15) is 46.1 Å². The summed E-state index contributed by atoms with van der Waals surface area (Å²) in [6.07, 6.45) is 2.61. The molecule has 2 aromatic heterocycles. The molecule has 3 heterocycles. The second-order valence-electron chi connectivity index (χ2n) is 13.0. The Morgan fingerprint density at radius 1 is 1.11 bits per heavy atom. The summed E-state index contributed by atoms with van der Waals surface area (Å²) in [7, 11) is 1.53. The molecule has 4 aromatic rings. The summed E-state index contributed by atoms with van der Waals surface area (Å²) >= 11 is 0. The first kappa shape index (κ1) is 33.0. The molecule has 1 aliphatic rings. The Kier molecular flexibility index (Phi) is 8.90. The highest BCUT2D eigenvalue weighted by Crippen LogP contribution is 2.46. The summed E-state index contributed by atoms with van der Waals surface area (Å²) in [6, 6.07) is 12.8. The first-order valence-corrected chi connectivity index (χ1v) is 15.3. The minimum absolute atomic E-state index is 0.00161. The number of aromatic nitrogens is 2. The van der Waals surface area contributed by atoms with Gasteiger partial charge in [0.15, 0.2) is 5.78 Å². The number of carbonyl (C=O) groups is 2. The number of pyridine rings is 2. The number of ether oxygens (including phenoxy) is 2. The number of hydrogen-bond donors (Lipinski definition) is 3. The van der Waals surface area contributed by atoms with E-state index in [1.165, 1.54) is 19.2 Å². The highest BCUT2D eigenvalue weighted by Gasteiger charge is 2.46. The molecule has 2 aromatic carbocycles. The van der Waals surface area contributed by atoms with Crippen LogP contribution in [0.1, 0.15) is 74.6 Å². The lowest BCUT2D eigenvalue weighted by molar-refractivity contribution is -0.127. The Morgan fingerprint density at radius 3 is 2.48 bits per heavy atom. The molecule has 46 heavy (non-hydrogen) atoms. The van der Waals surface area contributed by atoms with Crippen LogP contribution in [0.2, 0.25) is 0 Å². The van der Waals surface area contributed by atoms with Crippen LogP contribution in [-0.4, -0.2) is 57.7 Å². The number of nitrogens with zero attached hydrogens (tertiary/aromatic N) is 2. The van der Waals surface area contributed by atoms with Crippen molar-refractivity contribution in [1.82, 2.24) is 15.3 Å². The third-order valence-electron chi connectivity index (χ3n) is 8.52. The van der Waals surface area contributed by atoms with E-state index in [4.69, 9.17) is 14.5 Å². The molecular formula is C36H40FN3O6. The molecule has 1 amide bonds. The van der Waals surface area contributed by atoms with Gasteiger partial charge in [-0.15, -0.1) is 0 Å². The second kappa shape index (κ2) is 12.4. The Morgan fingerprint density at radius 2 is 1.83 bits per heavy atom. The fraction of sp³-hybridized carbons (Fsp3) is 0.389. The Balaban J connectivity index is 1.49. The molecule has 9 nitrogen and oxygen atoms in total. The van der Waals surface area contributed by atoms with Gasteiger partial charge in [0.05, 0.1) is 18.4 Å². The van der Waals surface area contributed by atoms with E-state index in [-0.39, 0.29) is 43.4 Å². The average Bonchev–Trinajstić information content (AvgIpc) is 3.38. The summed E-state index contributed by atoms with van der Waals surface area (Å²) in [4.78, 5) is 36.3. The van der Waals surface area contributed by atoms with E-state index >= 15 is 0 Å². The third-order valence-corrected chi connectivity index (χ3v) is 8.52. The van der Waals surface area contributed by atoms with E-state index < -0.39 is 22.4 Å². The van der Waals surface area contributed by atoms with Gasteiger partial charge < -0.3 is 25.0 Å². The van der Waals surface area contributed by atoms with Crippen LogP contribution in [0.5, 0.6) is 11.5 Å². The van der Waals surface area contributed by atoms with Gasteiger partial charge in [0, 0.05) is 41.2 Å². The standard InChI is InChI=1S/C36H40FN3O6/c1-7-21-14-24-15-23(16-28(45-6)30(24)38-18-21)27(41)12-13-36(5,44)29-17-26-32(31(40-29)22-8-10-25(37)11-9-22)46-20-35(26,4)33(42)39-19-34(2,3)43/h8-11,14-18,43-44H,7,12-13,19-20H2,1-6H3,(H,39,42)/t35-,36-/m0/s1. The number of hydrogen-bond acceptors (Lipinski definition) is 8. The molecule has 0 saturated heterocycles. The van der Waals surface area contributed by atoms with Gasteiger partial charge >= 0.3 is 0 Å². The van der Waals surface area contributed by atoms with Crippen molar-refractivity contribution in [2.75, 3.05) is 20.3 Å². The number of halogens is 1. The SMILES string of the molecule is CCc1cnc2c(OC)cc(C(=O)CC[C@](C)(O)c3cc4c(c(-c5ccc(F)cc5)n3)OC[C@]4(C)C(=O)NCC(C)(C)O)cc2c1. The number of rotatable bonds is 11. The monoisotopic (exact) mass is 629 g/mol. The van der Waals surface area contributed by atoms with E-state index in [2.05, 4.69) is 10.3 Å². The molecule has 0 radical (unpaired) electrons. The van der Waals surface area contributed by atoms with E-state index in [0.717, 1.165) is 17.4 Å². The van der Waals surface area contributed by atoms with Gasteiger partial charge in [-0.25, -0.2) is 9.37 Å². The number of carbonyl (C=O) groups excluding carboxylic acids is 2. The molecule has 0 bridgehead atoms. The van der Waals surface area contributed by atoms with Crippen molar-refractivity contribution in [2.24, 2.45) is 0 Å². The summed E-state index contributed by atoms with van der Waals surface area (Å²) < 4.78 is 25.4. The van der Waals surface area contributed by atoms with Gasteiger partial charge in [-0.3, -0.25) is 14.6 Å². The number of aliphatic hydroxyl groups is 2. The van der Waals surface area contributed by atoms with Crippen molar-refractivity contribution in [2.45, 2.75) is 70.5 Å². The highest BCUT2D eigenvalue weighted by molar-refractivity contribution is 6.01. The molecule has 0 spiro atoms. The van der Waals surface area contributed by atoms with Crippen LogP contribution in [0.3, 0.4) is 0 Å². The Bertz CT molecular complexity index is 1800. The lowest BCUT2D eigenvalue weighted by Gasteiger charge is -2.27. The fourth-order valence-electron chi connectivity index (χ4n) is 5.54. The molecule has 0 saturated carbocycles. The smallest absolute Gasteiger partial charge is 0.234 e. The predicted molar refractivity (Wildman–Crippen MR) is 173 cm³/mol. The molecule has 1 aliphatic heterocycles. The molecule has 0 aliphatic carbocycles. The average molecular weight is 630 g/mol.